The molecule has 7 saturated heterocycles. The molecule has 22 nitrogen and oxygen atoms in total. The van der Waals surface area contributed by atoms with Crippen molar-refractivity contribution in [2.75, 3.05) is 120 Å². The molecule has 6 aromatic heterocycles. The Bertz CT molecular complexity index is 5480. The van der Waals surface area contributed by atoms with Gasteiger partial charge in [0.05, 0.1) is 61.3 Å². The number of nitrogens with one attached hydrogen (secondary N) is 3. The fourth-order valence-electron chi connectivity index (χ4n) is 18.2. The number of nitrogens with zero attached hydrogens (tertiary/aromatic N) is 17. The van der Waals surface area contributed by atoms with E-state index in [1.807, 2.05) is 49.6 Å². The third-order valence-corrected chi connectivity index (χ3v) is 24.6. The Kier molecular flexibility index (Phi) is 28.2. The van der Waals surface area contributed by atoms with Gasteiger partial charge in [-0.1, -0.05) is 97.6 Å². The molecule has 0 aliphatic carbocycles. The van der Waals surface area contributed by atoms with Crippen molar-refractivity contribution < 1.29 is 66.6 Å². The van der Waals surface area contributed by atoms with Crippen LogP contribution < -0.4 is 50.1 Å². The van der Waals surface area contributed by atoms with E-state index in [9.17, 15) is 44.3 Å². The Morgan fingerprint density at radius 1 is 0.523 bits per heavy atom. The predicted molar refractivity (Wildman–Crippen MR) is 464 cm³/mol. The van der Waals surface area contributed by atoms with Crippen LogP contribution in [0.2, 0.25) is 0 Å². The Hall–Kier alpha value is -12.2. The molecular formula is C93H103F13N20O2. The van der Waals surface area contributed by atoms with Crippen molar-refractivity contribution in [3.8, 4) is 5.75 Å². The topological polar surface area (TPSA) is 214 Å². The van der Waals surface area contributed by atoms with E-state index in [1.165, 1.54) is 73.8 Å². The molecule has 7 aliphatic rings. The summed E-state index contributed by atoms with van der Waals surface area (Å²) in [5.41, 5.74) is 5.90. The molecule has 6 atom stereocenters. The minimum atomic E-state index is -4.38. The number of hydrogen-bond acceptors (Lipinski definition) is 21. The number of hydrogen-bond donors (Lipinski definition) is 3. The number of ether oxygens (including phenoxy) is 1. The van der Waals surface area contributed by atoms with Crippen molar-refractivity contribution in [3.63, 3.8) is 0 Å². The van der Waals surface area contributed by atoms with Crippen LogP contribution in [0.3, 0.4) is 0 Å². The molecule has 35 heteroatoms. The number of rotatable bonds is 22. The number of likely N-dealkylation sites (tertiary alicyclic amines) is 1. The van der Waals surface area contributed by atoms with E-state index in [4.69, 9.17) is 4.74 Å². The van der Waals surface area contributed by atoms with Gasteiger partial charge in [-0.05, 0) is 130 Å². The average molecular weight is 1780 g/mol. The number of benzene rings is 4. The maximum Gasteiger partial charge on any atom is 0.416 e. The van der Waals surface area contributed by atoms with E-state index >= 15 is 17.6 Å². The summed E-state index contributed by atoms with van der Waals surface area (Å²) in [4.78, 5) is 66.8. The number of carbonyl (C=O) groups is 1. The zero-order chi connectivity index (χ0) is 91.0. The van der Waals surface area contributed by atoms with Crippen molar-refractivity contribution >= 4 is 52.5 Å². The van der Waals surface area contributed by atoms with Gasteiger partial charge in [-0.2, -0.15) is 30.7 Å². The number of alkyl halides is 9. The van der Waals surface area contributed by atoms with Gasteiger partial charge in [0, 0.05) is 152 Å². The molecule has 10 aromatic rings. The van der Waals surface area contributed by atoms with Gasteiger partial charge in [-0.3, -0.25) is 14.8 Å². The van der Waals surface area contributed by atoms with Gasteiger partial charge in [-0.15, -0.1) is 0 Å². The first-order valence-corrected chi connectivity index (χ1v) is 42.8. The highest BCUT2D eigenvalue weighted by molar-refractivity contribution is 5.78. The van der Waals surface area contributed by atoms with Gasteiger partial charge in [0.2, 0.25) is 29.2 Å². The van der Waals surface area contributed by atoms with E-state index in [0.29, 0.717) is 76.0 Å². The van der Waals surface area contributed by atoms with Crippen LogP contribution in [0.25, 0.3) is 0 Å². The fourth-order valence-corrected chi connectivity index (χ4v) is 18.2. The lowest BCUT2D eigenvalue weighted by atomic mass is 9.79. The van der Waals surface area contributed by atoms with E-state index in [0.717, 1.165) is 156 Å². The first-order valence-electron chi connectivity index (χ1n) is 42.8. The van der Waals surface area contributed by atoms with Crippen molar-refractivity contribution in [2.24, 2.45) is 11.3 Å². The van der Waals surface area contributed by atoms with Gasteiger partial charge in [0.1, 0.15) is 31.1 Å². The molecule has 678 valence electrons. The molecular weight excluding hydrogens is 1680 g/mol. The highest BCUT2D eigenvalue weighted by Gasteiger charge is 2.43. The summed E-state index contributed by atoms with van der Waals surface area (Å²) < 4.78 is 187. The van der Waals surface area contributed by atoms with Crippen LogP contribution in [-0.4, -0.2) is 141 Å². The third kappa shape index (κ3) is 21.6. The molecule has 128 heavy (non-hydrogen) atoms. The van der Waals surface area contributed by atoms with Gasteiger partial charge >= 0.3 is 6.18 Å². The lowest BCUT2D eigenvalue weighted by molar-refractivity contribution is -0.137. The van der Waals surface area contributed by atoms with E-state index in [2.05, 4.69) is 72.4 Å². The van der Waals surface area contributed by atoms with Crippen LogP contribution in [0.1, 0.15) is 184 Å². The first kappa shape index (κ1) is 92.0. The highest BCUT2D eigenvalue weighted by Crippen LogP contribution is 2.47. The number of amides is 1. The summed E-state index contributed by atoms with van der Waals surface area (Å²) in [6.45, 7) is 15.0. The molecule has 1 amide bonds. The summed E-state index contributed by atoms with van der Waals surface area (Å²) in [6.07, 6.45) is 12.4. The Morgan fingerprint density at radius 3 is 1.38 bits per heavy atom. The molecule has 13 heterocycles. The average Bonchev–Trinajstić information content (AvgIpc) is 1.49. The maximum atomic E-state index is 15.8. The predicted octanol–water partition coefficient (Wildman–Crippen LogP) is 19.5. The van der Waals surface area contributed by atoms with Gasteiger partial charge < -0.3 is 55.0 Å². The van der Waals surface area contributed by atoms with Gasteiger partial charge in [0.15, 0.2) is 46.5 Å². The molecule has 0 bridgehead atoms. The zero-order valence-electron chi connectivity index (χ0n) is 72.2. The Morgan fingerprint density at radius 2 is 0.953 bits per heavy atom. The molecule has 1 spiro atoms. The second-order valence-electron chi connectivity index (χ2n) is 34.0. The molecule has 0 saturated carbocycles. The summed E-state index contributed by atoms with van der Waals surface area (Å²) in [5, 5.41) is 9.30. The quantitative estimate of drug-likeness (QED) is 0.0538. The van der Waals surface area contributed by atoms with Crippen LogP contribution in [0.15, 0.2) is 171 Å². The molecule has 3 N–H and O–H groups in total. The summed E-state index contributed by atoms with van der Waals surface area (Å²) >= 11 is 0. The standard InChI is InChI=1S/C24H27F4N5.C23H28F3N5O.C23H24F3N5O.C23H24F3N5/c1-16-12-23(13-29-16)9-3-10-32(14-23)21-20(25)22(31-15-30-21)33-11-2-4-19(33)17-5-7-18(8-6-17)24(26,27)28;1-23(25,26)17-8-6-16(7-9-17)18-5-4-10-31(18)22-20(24)21(27-14-28-22)30(3)13-15-11-19(32)29(2)12-15;1-23(25,26)16-7-5-15(6-8-16)19-4-3-11-31(19)22-20(24)21(29-14-30-22)28-13-17-12-18(32-2)9-10-27-17;1-15-5-3-6-18(30-15)13-27-21-20(24)22(29-14-28-21)31-12-4-7-19(31)16-8-10-17(11-9-16)23(2,25)26/h5-8,15,19,29H,1-4,9-14H2;6-9,14-15,18H,4-5,10-13H2,1-3H3;5-10,12,14,19H,3-4,11,13H2,1-2H3,(H,28,29,30);3,5-6,8-11,14,19H,4,7,12-13H2,1-2H3,(H,27,28,29). The number of aromatic nitrogens is 10. The monoisotopic (exact) mass is 1780 g/mol. The zero-order valence-corrected chi connectivity index (χ0v) is 72.2. The molecule has 4 aromatic carbocycles. The van der Waals surface area contributed by atoms with Crippen LogP contribution in [-0.2, 0) is 41.8 Å². The molecule has 0 radical (unpaired) electrons. The third-order valence-electron chi connectivity index (χ3n) is 24.6. The number of halogens is 13. The van der Waals surface area contributed by atoms with Crippen molar-refractivity contribution in [2.45, 2.75) is 166 Å². The summed E-state index contributed by atoms with van der Waals surface area (Å²) in [5.74, 6) is -8.34. The Balaban J connectivity index is 0.000000138. The van der Waals surface area contributed by atoms with Crippen LogP contribution in [0.4, 0.5) is 104 Å². The van der Waals surface area contributed by atoms with Crippen LogP contribution in [0.5, 0.6) is 5.75 Å². The normalized spacial score (nSPS) is 20.1. The largest absolute Gasteiger partial charge is 0.497 e. The van der Waals surface area contributed by atoms with Crippen molar-refractivity contribution in [1.82, 2.24) is 60.1 Å². The SMILES string of the molecule is C=C1CC2(CCCN(c3ncnc(N4CCCC4c4ccc(C(F)(F)F)cc4)c3F)C2)CN1.CN1CC(CN(C)c2ncnc(N3CCCC3c3ccc(C(C)(F)F)cc3)c2F)CC1=O.COc1ccnc(CNc2ncnc(N3CCCC3c3ccc(C(C)(F)F)cc3)c2F)c1.Cc1cccc(CNc2ncnc(N3CCCC3c3ccc(C(C)(F)F)cc3)c2F)n1. The number of aryl methyl sites for hydroxylation is 1. The summed E-state index contributed by atoms with van der Waals surface area (Å²) in [6, 6.07) is 32.4. The molecule has 7 fully saturated rings. The van der Waals surface area contributed by atoms with Crippen molar-refractivity contribution in [1.29, 1.82) is 0 Å². The smallest absolute Gasteiger partial charge is 0.416 e. The lowest BCUT2D eigenvalue weighted by Crippen LogP contribution is -2.45. The lowest BCUT2D eigenvalue weighted by Gasteiger charge is -2.40. The maximum absolute atomic E-state index is 15.8. The number of piperidine rings is 1. The highest BCUT2D eigenvalue weighted by atomic mass is 19.4. The van der Waals surface area contributed by atoms with Crippen LogP contribution >= 0.6 is 0 Å². The second kappa shape index (κ2) is 39.2. The first-order chi connectivity index (χ1) is 61.1. The van der Waals surface area contributed by atoms with Gasteiger partial charge in [0.25, 0.3) is 17.8 Å². The summed E-state index contributed by atoms with van der Waals surface area (Å²) in [7, 11) is 5.10. The number of anilines is 8. The minimum absolute atomic E-state index is 0.0368. The number of carbonyl (C=O) groups excluding carboxylic acids is 1. The van der Waals surface area contributed by atoms with Crippen molar-refractivity contribution in [3.05, 3.63) is 256 Å². The number of methoxy groups -OCH3 is 1. The molecule has 6 unspecified atom stereocenters. The van der Waals surface area contributed by atoms with Gasteiger partial charge in [-0.25, -0.2) is 66.2 Å². The Labute approximate surface area is 735 Å². The minimum Gasteiger partial charge on any atom is -0.497 e. The van der Waals surface area contributed by atoms with Crippen LogP contribution in [0, 0.1) is 41.5 Å². The van der Waals surface area contributed by atoms with E-state index in [1.54, 1.807) is 85.7 Å². The molecule has 17 rings (SSSR count). The molecule has 7 aliphatic heterocycles. The fraction of sp³-hybridized carbons (Fsp3) is 0.430. The second-order valence-corrected chi connectivity index (χ2v) is 34.0. The van der Waals surface area contributed by atoms with E-state index in [-0.39, 0.29) is 105 Å². The van der Waals surface area contributed by atoms with E-state index < -0.39 is 52.8 Å². The number of allylic oxidation sites excluding steroid dienone is 1. The number of pyridine rings is 2.